The maximum atomic E-state index is 8.90. The molecular formula is C16H25NO. The first-order valence-corrected chi connectivity index (χ1v) is 7.26. The first kappa shape index (κ1) is 13.6. The molecule has 0 heterocycles. The highest BCUT2D eigenvalue weighted by atomic mass is 16.2. The molecule has 100 valence electrons. The Labute approximate surface area is 110 Å². The molecule has 0 aromatic heterocycles. The molecule has 0 saturated carbocycles. The highest BCUT2D eigenvalue weighted by Crippen LogP contribution is 2.29. The van der Waals surface area contributed by atoms with Crippen molar-refractivity contribution in [3.8, 4) is 0 Å². The van der Waals surface area contributed by atoms with Crippen LogP contribution in [-0.2, 0) is 6.42 Å². The molecule has 2 nitrogen and oxygen atoms in total. The molecule has 0 amide bonds. The summed E-state index contributed by atoms with van der Waals surface area (Å²) in [4.78, 5) is 0. The van der Waals surface area contributed by atoms with Crippen molar-refractivity contribution < 1.29 is 5.11 Å². The molecule has 2 N–H and O–H groups in total. The third-order valence-electron chi connectivity index (χ3n) is 3.90. The molecule has 0 fully saturated rings. The van der Waals surface area contributed by atoms with E-state index in [-0.39, 0.29) is 0 Å². The zero-order valence-electron chi connectivity index (χ0n) is 11.4. The van der Waals surface area contributed by atoms with Crippen molar-refractivity contribution in [2.75, 3.05) is 6.61 Å². The van der Waals surface area contributed by atoms with Gasteiger partial charge in [0.15, 0.2) is 0 Å². The Morgan fingerprint density at radius 1 is 1.33 bits per heavy atom. The molecule has 2 atom stereocenters. The molecule has 2 heteroatoms. The van der Waals surface area contributed by atoms with Crippen LogP contribution >= 0.6 is 0 Å². The first-order chi connectivity index (χ1) is 8.81. The molecule has 2 rings (SSSR count). The minimum Gasteiger partial charge on any atom is -0.396 e. The molecule has 0 radical (unpaired) electrons. The zero-order valence-corrected chi connectivity index (χ0v) is 11.4. The molecule has 0 saturated heterocycles. The van der Waals surface area contributed by atoms with Gasteiger partial charge in [0.05, 0.1) is 0 Å². The van der Waals surface area contributed by atoms with E-state index >= 15 is 0 Å². The Bertz CT molecular complexity index is 364. The van der Waals surface area contributed by atoms with Crippen molar-refractivity contribution in [2.45, 2.75) is 57.5 Å². The van der Waals surface area contributed by atoms with Gasteiger partial charge in [-0.2, -0.15) is 0 Å². The number of benzene rings is 1. The van der Waals surface area contributed by atoms with E-state index in [0.29, 0.717) is 18.7 Å². The minimum absolute atomic E-state index is 0.299. The van der Waals surface area contributed by atoms with Crippen molar-refractivity contribution in [1.29, 1.82) is 0 Å². The predicted octanol–water partition coefficient (Wildman–Crippen LogP) is 3.20. The quantitative estimate of drug-likeness (QED) is 0.783. The van der Waals surface area contributed by atoms with Gasteiger partial charge in [0.25, 0.3) is 0 Å². The number of aryl methyl sites for hydroxylation is 1. The lowest BCUT2D eigenvalue weighted by molar-refractivity contribution is 0.272. The van der Waals surface area contributed by atoms with Crippen molar-refractivity contribution >= 4 is 0 Å². The molecule has 1 aromatic carbocycles. The summed E-state index contributed by atoms with van der Waals surface area (Å²) in [6.45, 7) is 2.52. The van der Waals surface area contributed by atoms with E-state index in [1.807, 2.05) is 0 Å². The van der Waals surface area contributed by atoms with Crippen molar-refractivity contribution in [3.63, 3.8) is 0 Å². The van der Waals surface area contributed by atoms with Crippen LogP contribution in [0, 0.1) is 0 Å². The number of aliphatic hydroxyl groups is 1. The van der Waals surface area contributed by atoms with E-state index in [0.717, 1.165) is 12.8 Å². The molecule has 2 unspecified atom stereocenters. The van der Waals surface area contributed by atoms with Crippen LogP contribution in [0.5, 0.6) is 0 Å². The number of hydrogen-bond donors (Lipinski definition) is 2. The van der Waals surface area contributed by atoms with Gasteiger partial charge in [0, 0.05) is 18.7 Å². The van der Waals surface area contributed by atoms with Crippen molar-refractivity contribution in [2.24, 2.45) is 0 Å². The summed E-state index contributed by atoms with van der Waals surface area (Å²) in [5.41, 5.74) is 3.01. The molecule has 0 aliphatic heterocycles. The Hall–Kier alpha value is -0.860. The standard InChI is InChI=1S/C16H25NO/c1-13(7-6-12-18)17-16-11-5-3-9-14-8-2-4-10-15(14)16/h2,4,8,10,13,16-18H,3,5-7,9,11-12H2,1H3. The van der Waals surface area contributed by atoms with Crippen molar-refractivity contribution in [3.05, 3.63) is 35.4 Å². The monoisotopic (exact) mass is 247 g/mol. The Kier molecular flexibility index (Phi) is 5.21. The number of nitrogens with one attached hydrogen (secondary N) is 1. The fraction of sp³-hybridized carbons (Fsp3) is 0.625. The SMILES string of the molecule is CC(CCCO)NC1CCCCc2ccccc21. The van der Waals surface area contributed by atoms with Gasteiger partial charge in [-0.15, -0.1) is 0 Å². The van der Waals surface area contributed by atoms with Crippen LogP contribution in [0.3, 0.4) is 0 Å². The molecule has 0 spiro atoms. The van der Waals surface area contributed by atoms with E-state index in [1.54, 1.807) is 0 Å². The molecule has 1 aromatic rings. The van der Waals surface area contributed by atoms with Crippen LogP contribution in [0.25, 0.3) is 0 Å². The fourth-order valence-electron chi connectivity index (χ4n) is 2.92. The van der Waals surface area contributed by atoms with E-state index in [9.17, 15) is 0 Å². The predicted molar refractivity (Wildman–Crippen MR) is 75.7 cm³/mol. The second kappa shape index (κ2) is 6.91. The third-order valence-corrected chi connectivity index (χ3v) is 3.90. The lowest BCUT2D eigenvalue weighted by Gasteiger charge is -2.24. The van der Waals surface area contributed by atoms with Gasteiger partial charge in [-0.05, 0) is 50.2 Å². The van der Waals surface area contributed by atoms with E-state index in [4.69, 9.17) is 5.11 Å². The van der Waals surface area contributed by atoms with Gasteiger partial charge >= 0.3 is 0 Å². The van der Waals surface area contributed by atoms with Crippen molar-refractivity contribution in [1.82, 2.24) is 5.32 Å². The van der Waals surface area contributed by atoms with Gasteiger partial charge in [-0.1, -0.05) is 30.7 Å². The summed E-state index contributed by atoms with van der Waals surface area (Å²) in [7, 11) is 0. The molecule has 1 aliphatic carbocycles. The smallest absolute Gasteiger partial charge is 0.0431 e. The van der Waals surface area contributed by atoms with Gasteiger partial charge < -0.3 is 10.4 Å². The second-order valence-electron chi connectivity index (χ2n) is 5.43. The fourth-order valence-corrected chi connectivity index (χ4v) is 2.92. The average Bonchev–Trinajstić information content (AvgIpc) is 2.59. The maximum Gasteiger partial charge on any atom is 0.0431 e. The van der Waals surface area contributed by atoms with Crippen LogP contribution < -0.4 is 5.32 Å². The molecule has 1 aliphatic rings. The lowest BCUT2D eigenvalue weighted by Crippen LogP contribution is -2.30. The second-order valence-corrected chi connectivity index (χ2v) is 5.43. The number of rotatable bonds is 5. The summed E-state index contributed by atoms with van der Waals surface area (Å²) in [6.07, 6.45) is 7.01. The highest BCUT2D eigenvalue weighted by molar-refractivity contribution is 5.31. The lowest BCUT2D eigenvalue weighted by atomic mass is 9.98. The third kappa shape index (κ3) is 3.56. The van der Waals surface area contributed by atoms with Crippen LogP contribution in [-0.4, -0.2) is 17.8 Å². The van der Waals surface area contributed by atoms with E-state index < -0.39 is 0 Å². The summed E-state index contributed by atoms with van der Waals surface area (Å²) in [6, 6.07) is 9.82. The zero-order chi connectivity index (χ0) is 12.8. The maximum absolute atomic E-state index is 8.90. The van der Waals surface area contributed by atoms with Gasteiger partial charge in [-0.3, -0.25) is 0 Å². The van der Waals surface area contributed by atoms with Gasteiger partial charge in [0.2, 0.25) is 0 Å². The van der Waals surface area contributed by atoms with Crippen LogP contribution in [0.1, 0.15) is 56.2 Å². The number of hydrogen-bond acceptors (Lipinski definition) is 2. The normalized spacial score (nSPS) is 21.1. The molecule has 18 heavy (non-hydrogen) atoms. The summed E-state index contributed by atoms with van der Waals surface area (Å²) in [5.74, 6) is 0. The van der Waals surface area contributed by atoms with Gasteiger partial charge in [0.1, 0.15) is 0 Å². The van der Waals surface area contributed by atoms with Crippen LogP contribution in [0.4, 0.5) is 0 Å². The van der Waals surface area contributed by atoms with Crippen LogP contribution in [0.15, 0.2) is 24.3 Å². The van der Waals surface area contributed by atoms with E-state index in [2.05, 4.69) is 36.5 Å². The topological polar surface area (TPSA) is 32.3 Å². The van der Waals surface area contributed by atoms with E-state index in [1.165, 1.54) is 36.8 Å². The Balaban J connectivity index is 2.03. The summed E-state index contributed by atoms with van der Waals surface area (Å²) < 4.78 is 0. The Morgan fingerprint density at radius 3 is 3.00 bits per heavy atom. The Morgan fingerprint density at radius 2 is 2.17 bits per heavy atom. The van der Waals surface area contributed by atoms with Gasteiger partial charge in [-0.25, -0.2) is 0 Å². The number of fused-ring (bicyclic) bond motifs is 1. The largest absolute Gasteiger partial charge is 0.396 e. The molecular weight excluding hydrogens is 222 g/mol. The minimum atomic E-state index is 0.299. The van der Waals surface area contributed by atoms with Crippen LogP contribution in [0.2, 0.25) is 0 Å². The summed E-state index contributed by atoms with van der Waals surface area (Å²) in [5, 5.41) is 12.6. The highest BCUT2D eigenvalue weighted by Gasteiger charge is 2.19. The summed E-state index contributed by atoms with van der Waals surface area (Å²) >= 11 is 0. The molecule has 0 bridgehead atoms. The first-order valence-electron chi connectivity index (χ1n) is 7.26. The average molecular weight is 247 g/mol. The number of aliphatic hydroxyl groups excluding tert-OH is 1.